The topological polar surface area (TPSA) is 46.5 Å². The van der Waals surface area contributed by atoms with Gasteiger partial charge in [0.1, 0.15) is 11.3 Å². The zero-order chi connectivity index (χ0) is 13.1. The molecule has 0 saturated carbocycles. The van der Waals surface area contributed by atoms with E-state index in [9.17, 15) is 9.18 Å². The summed E-state index contributed by atoms with van der Waals surface area (Å²) in [6.45, 7) is 1.87. The standard InChI is InChI=1S/C14H11FO3/c1-9-4-2-5-10(8-9)18-13-11(14(16)17)6-3-7-12(13)15/h2-8H,1H3,(H,16,17). The summed E-state index contributed by atoms with van der Waals surface area (Å²) in [5.41, 5.74) is 0.747. The molecule has 0 radical (unpaired) electrons. The van der Waals surface area contributed by atoms with Crippen molar-refractivity contribution in [1.82, 2.24) is 0 Å². The Balaban J connectivity index is 2.42. The first-order chi connectivity index (χ1) is 8.58. The number of hydrogen-bond acceptors (Lipinski definition) is 2. The van der Waals surface area contributed by atoms with Gasteiger partial charge in [-0.25, -0.2) is 9.18 Å². The van der Waals surface area contributed by atoms with Crippen LogP contribution in [0.1, 0.15) is 15.9 Å². The number of aromatic carboxylic acids is 1. The molecule has 4 heteroatoms. The predicted molar refractivity (Wildman–Crippen MR) is 64.6 cm³/mol. The van der Waals surface area contributed by atoms with Gasteiger partial charge < -0.3 is 9.84 Å². The van der Waals surface area contributed by atoms with Gasteiger partial charge in [0.15, 0.2) is 11.6 Å². The van der Waals surface area contributed by atoms with Gasteiger partial charge in [-0.15, -0.1) is 0 Å². The summed E-state index contributed by atoms with van der Waals surface area (Å²) in [6.07, 6.45) is 0. The molecule has 0 aliphatic rings. The van der Waals surface area contributed by atoms with E-state index in [0.717, 1.165) is 11.6 Å². The van der Waals surface area contributed by atoms with Crippen molar-refractivity contribution in [2.45, 2.75) is 6.92 Å². The van der Waals surface area contributed by atoms with Gasteiger partial charge >= 0.3 is 5.97 Å². The van der Waals surface area contributed by atoms with Gasteiger partial charge in [0.2, 0.25) is 0 Å². The average molecular weight is 246 g/mol. The SMILES string of the molecule is Cc1cccc(Oc2c(F)cccc2C(=O)O)c1. The number of carboxylic acids is 1. The van der Waals surface area contributed by atoms with Gasteiger partial charge in [-0.1, -0.05) is 18.2 Å². The minimum absolute atomic E-state index is 0.198. The van der Waals surface area contributed by atoms with E-state index in [0.29, 0.717) is 5.75 Å². The summed E-state index contributed by atoms with van der Waals surface area (Å²) in [5, 5.41) is 8.98. The molecule has 0 amide bonds. The molecule has 0 heterocycles. The molecule has 2 aromatic carbocycles. The molecule has 18 heavy (non-hydrogen) atoms. The van der Waals surface area contributed by atoms with Crippen molar-refractivity contribution in [2.75, 3.05) is 0 Å². The first kappa shape index (κ1) is 12.1. The van der Waals surface area contributed by atoms with Crippen molar-refractivity contribution in [2.24, 2.45) is 0 Å². The summed E-state index contributed by atoms with van der Waals surface area (Å²) >= 11 is 0. The Morgan fingerprint density at radius 3 is 2.61 bits per heavy atom. The van der Waals surface area contributed by atoms with Crippen molar-refractivity contribution < 1.29 is 19.0 Å². The van der Waals surface area contributed by atoms with Crippen LogP contribution in [0.3, 0.4) is 0 Å². The summed E-state index contributed by atoms with van der Waals surface area (Å²) in [5.74, 6) is -1.79. The molecular weight excluding hydrogens is 235 g/mol. The van der Waals surface area contributed by atoms with Crippen LogP contribution in [0, 0.1) is 12.7 Å². The van der Waals surface area contributed by atoms with E-state index in [1.807, 2.05) is 13.0 Å². The number of aryl methyl sites for hydroxylation is 1. The number of ether oxygens (including phenoxy) is 1. The van der Waals surface area contributed by atoms with Gasteiger partial charge in [-0.05, 0) is 36.8 Å². The van der Waals surface area contributed by atoms with Crippen LogP contribution >= 0.6 is 0 Å². The van der Waals surface area contributed by atoms with E-state index in [1.165, 1.54) is 12.1 Å². The van der Waals surface area contributed by atoms with Crippen LogP contribution in [0.2, 0.25) is 0 Å². The highest BCUT2D eigenvalue weighted by Gasteiger charge is 2.16. The summed E-state index contributed by atoms with van der Waals surface area (Å²) in [6, 6.07) is 10.8. The Morgan fingerprint density at radius 2 is 1.94 bits per heavy atom. The molecule has 0 aromatic heterocycles. The molecule has 92 valence electrons. The van der Waals surface area contributed by atoms with Crippen molar-refractivity contribution in [3.05, 3.63) is 59.4 Å². The molecule has 0 atom stereocenters. The average Bonchev–Trinajstić information content (AvgIpc) is 2.31. The Kier molecular flexibility index (Phi) is 3.28. The van der Waals surface area contributed by atoms with Crippen LogP contribution in [-0.4, -0.2) is 11.1 Å². The van der Waals surface area contributed by atoms with E-state index in [4.69, 9.17) is 9.84 Å². The highest BCUT2D eigenvalue weighted by molar-refractivity contribution is 5.91. The van der Waals surface area contributed by atoms with Gasteiger partial charge in [0.25, 0.3) is 0 Å². The highest BCUT2D eigenvalue weighted by Crippen LogP contribution is 2.28. The minimum atomic E-state index is -1.22. The first-order valence-electron chi connectivity index (χ1n) is 5.34. The molecule has 0 bridgehead atoms. The number of benzene rings is 2. The quantitative estimate of drug-likeness (QED) is 0.899. The lowest BCUT2D eigenvalue weighted by Crippen LogP contribution is -2.01. The monoisotopic (exact) mass is 246 g/mol. The van der Waals surface area contributed by atoms with Gasteiger partial charge in [-0.3, -0.25) is 0 Å². The zero-order valence-electron chi connectivity index (χ0n) is 9.68. The van der Waals surface area contributed by atoms with E-state index in [2.05, 4.69) is 0 Å². The van der Waals surface area contributed by atoms with Gasteiger partial charge in [-0.2, -0.15) is 0 Å². The summed E-state index contributed by atoms with van der Waals surface area (Å²) in [4.78, 5) is 11.0. The van der Waals surface area contributed by atoms with Crippen molar-refractivity contribution >= 4 is 5.97 Å². The molecule has 0 saturated heterocycles. The molecule has 0 fully saturated rings. The maximum atomic E-state index is 13.6. The maximum absolute atomic E-state index is 13.6. The molecule has 3 nitrogen and oxygen atoms in total. The van der Waals surface area contributed by atoms with Crippen LogP contribution in [0.15, 0.2) is 42.5 Å². The second-order valence-corrected chi connectivity index (χ2v) is 3.84. The fourth-order valence-electron chi connectivity index (χ4n) is 1.58. The van der Waals surface area contributed by atoms with Gasteiger partial charge in [0.05, 0.1) is 0 Å². The number of halogens is 1. The number of rotatable bonds is 3. The summed E-state index contributed by atoms with van der Waals surface area (Å²) in [7, 11) is 0. The lowest BCUT2D eigenvalue weighted by molar-refractivity contribution is 0.0693. The lowest BCUT2D eigenvalue weighted by Gasteiger charge is -2.09. The second kappa shape index (κ2) is 4.87. The molecule has 0 aliphatic heterocycles. The Labute approximate surface area is 103 Å². The first-order valence-corrected chi connectivity index (χ1v) is 5.34. The summed E-state index contributed by atoms with van der Waals surface area (Å²) < 4.78 is 18.9. The molecule has 2 rings (SSSR count). The van der Waals surface area contributed by atoms with Crippen molar-refractivity contribution in [3.63, 3.8) is 0 Å². The smallest absolute Gasteiger partial charge is 0.339 e. The number of carbonyl (C=O) groups is 1. The van der Waals surface area contributed by atoms with E-state index in [1.54, 1.807) is 18.2 Å². The van der Waals surface area contributed by atoms with Crippen LogP contribution in [-0.2, 0) is 0 Å². The maximum Gasteiger partial charge on any atom is 0.339 e. The molecule has 0 unspecified atom stereocenters. The fourth-order valence-corrected chi connectivity index (χ4v) is 1.58. The van der Waals surface area contributed by atoms with E-state index < -0.39 is 11.8 Å². The Morgan fingerprint density at radius 1 is 1.22 bits per heavy atom. The highest BCUT2D eigenvalue weighted by atomic mass is 19.1. The normalized spacial score (nSPS) is 10.1. The zero-order valence-corrected chi connectivity index (χ0v) is 9.68. The third kappa shape index (κ3) is 2.48. The Hall–Kier alpha value is -2.36. The third-order valence-corrected chi connectivity index (χ3v) is 2.41. The molecular formula is C14H11FO3. The number of hydrogen-bond donors (Lipinski definition) is 1. The molecule has 1 N–H and O–H groups in total. The van der Waals surface area contributed by atoms with E-state index >= 15 is 0 Å². The molecule has 0 aliphatic carbocycles. The van der Waals surface area contributed by atoms with E-state index in [-0.39, 0.29) is 11.3 Å². The van der Waals surface area contributed by atoms with Crippen LogP contribution in [0.4, 0.5) is 4.39 Å². The second-order valence-electron chi connectivity index (χ2n) is 3.84. The van der Waals surface area contributed by atoms with Crippen molar-refractivity contribution in [1.29, 1.82) is 0 Å². The van der Waals surface area contributed by atoms with Crippen LogP contribution in [0.25, 0.3) is 0 Å². The van der Waals surface area contributed by atoms with Crippen LogP contribution in [0.5, 0.6) is 11.5 Å². The minimum Gasteiger partial charge on any atom is -0.478 e. The molecule has 0 spiro atoms. The lowest BCUT2D eigenvalue weighted by atomic mass is 10.2. The number of carboxylic acid groups (broad SMARTS) is 1. The third-order valence-electron chi connectivity index (χ3n) is 2.41. The van der Waals surface area contributed by atoms with Gasteiger partial charge in [0, 0.05) is 0 Å². The largest absolute Gasteiger partial charge is 0.478 e. The predicted octanol–water partition coefficient (Wildman–Crippen LogP) is 3.62. The Bertz CT molecular complexity index is 593. The fraction of sp³-hybridized carbons (Fsp3) is 0.0714. The van der Waals surface area contributed by atoms with Crippen molar-refractivity contribution in [3.8, 4) is 11.5 Å². The molecule has 2 aromatic rings. The van der Waals surface area contributed by atoms with Crippen LogP contribution < -0.4 is 4.74 Å². The number of para-hydroxylation sites is 1.